The molecule has 0 radical (unpaired) electrons. The van der Waals surface area contributed by atoms with Gasteiger partial charge in [0.25, 0.3) is 0 Å². The third kappa shape index (κ3) is 35.5. The summed E-state index contributed by atoms with van der Waals surface area (Å²) in [6.07, 6.45) is 2.13. The van der Waals surface area contributed by atoms with Crippen molar-refractivity contribution < 1.29 is 43.1 Å². The lowest BCUT2D eigenvalue weighted by Gasteiger charge is -2.35. The van der Waals surface area contributed by atoms with Crippen molar-refractivity contribution in [3.05, 3.63) is 0 Å². The molecule has 0 fully saturated rings. The molecule has 192 valence electrons. The lowest BCUT2D eigenvalue weighted by molar-refractivity contribution is -0.193. The number of carbonyl (C=O) groups excluding carboxylic acids is 4. The zero-order chi connectivity index (χ0) is 23.7. The summed E-state index contributed by atoms with van der Waals surface area (Å²) in [7, 11) is -3.61. The van der Waals surface area contributed by atoms with E-state index in [1.54, 1.807) is 0 Å². The van der Waals surface area contributed by atoms with E-state index in [2.05, 4.69) is 40.0 Å². The Morgan fingerprint density at radius 1 is 0.750 bits per heavy atom. The Bertz CT molecular complexity index is 521. The second-order valence-electron chi connectivity index (χ2n) is 8.32. The highest BCUT2D eigenvalue weighted by atomic mass is 28.4. The molecule has 0 rings (SSSR count). The van der Waals surface area contributed by atoms with Gasteiger partial charge >= 0.3 is 24.2 Å². The molecule has 0 saturated heterocycles. The maximum atomic E-state index is 10.9. The molecule has 9 nitrogen and oxygen atoms in total. The summed E-state index contributed by atoms with van der Waals surface area (Å²) in [5, 5.41) is 17.9. The number of aliphatic carboxylic acids is 2. The summed E-state index contributed by atoms with van der Waals surface area (Å²) >= 11 is 0. The van der Waals surface area contributed by atoms with Gasteiger partial charge in [0.15, 0.2) is 16.6 Å². The van der Waals surface area contributed by atoms with Crippen molar-refractivity contribution in [1.29, 1.82) is 0 Å². The number of carboxylic acids is 2. The normalized spacial score (nSPS) is 9.75. The number of rotatable bonds is 12. The van der Waals surface area contributed by atoms with Crippen LogP contribution in [0.5, 0.6) is 0 Å². The van der Waals surface area contributed by atoms with Crippen molar-refractivity contribution >= 4 is 40.9 Å². The quantitative estimate of drug-likeness (QED) is 0.347. The molecule has 0 aliphatic carbocycles. The molecule has 0 heterocycles. The molecule has 0 amide bonds. The minimum absolute atomic E-state index is 0. The fourth-order valence-corrected chi connectivity index (χ4v) is 12.0. The van der Waals surface area contributed by atoms with Crippen LogP contribution in [0.25, 0.3) is 0 Å². The third-order valence-corrected chi connectivity index (χ3v) is 11.4. The molecule has 0 unspecified atom stereocenters. The summed E-state index contributed by atoms with van der Waals surface area (Å²) in [5.74, 6) is -1.49. The fourth-order valence-electron chi connectivity index (χ4n) is 2.81. The van der Waals surface area contributed by atoms with Gasteiger partial charge in [0, 0.05) is 12.8 Å². The third-order valence-electron chi connectivity index (χ3n) is 3.96. The Morgan fingerprint density at radius 2 is 1.03 bits per heavy atom. The average Bonchev–Trinajstić information content (AvgIpc) is 2.50. The summed E-state index contributed by atoms with van der Waals surface area (Å²) in [6.45, 7) is 13.3. The van der Waals surface area contributed by atoms with Gasteiger partial charge in [-0.2, -0.15) is 19.2 Å². The van der Waals surface area contributed by atoms with E-state index >= 15 is 0 Å². The smallest absolute Gasteiger partial charge is 0.373 e. The van der Waals surface area contributed by atoms with E-state index in [1.807, 2.05) is 0 Å². The first-order chi connectivity index (χ1) is 13.2. The van der Waals surface area contributed by atoms with Gasteiger partial charge in [-0.25, -0.2) is 0 Å². The van der Waals surface area contributed by atoms with Crippen molar-refractivity contribution in [3.8, 4) is 0 Å². The molecule has 0 aromatic heterocycles. The summed E-state index contributed by atoms with van der Waals surface area (Å²) in [6, 6.07) is 1.95. The van der Waals surface area contributed by atoms with Gasteiger partial charge < -0.3 is 14.3 Å². The minimum Gasteiger partial charge on any atom is -0.481 e. The van der Waals surface area contributed by atoms with Crippen LogP contribution in [0.3, 0.4) is 0 Å². The topological polar surface area (TPSA) is 152 Å². The number of hydrogen-bond acceptors (Lipinski definition) is 7. The molecule has 0 atom stereocenters. The molecular formula is C21H46O9Si2. The predicted octanol–water partition coefficient (Wildman–Crippen LogP) is 5.16. The molecule has 0 bridgehead atoms. The van der Waals surface area contributed by atoms with Crippen LogP contribution in [-0.4, -0.2) is 51.1 Å². The molecule has 0 spiro atoms. The van der Waals surface area contributed by atoms with E-state index < -0.39 is 28.6 Å². The Morgan fingerprint density at radius 3 is 1.28 bits per heavy atom. The summed E-state index contributed by atoms with van der Waals surface area (Å²) < 4.78 is 6.52. The van der Waals surface area contributed by atoms with E-state index in [0.29, 0.717) is 12.3 Å². The van der Waals surface area contributed by atoms with Crippen LogP contribution in [0.2, 0.25) is 38.3 Å². The lowest BCUT2D eigenvalue weighted by atomic mass is 9.99. The largest absolute Gasteiger partial charge is 0.481 e. The Labute approximate surface area is 196 Å². The van der Waals surface area contributed by atoms with Crippen LogP contribution in [0.1, 0.15) is 61.8 Å². The van der Waals surface area contributed by atoms with Crippen LogP contribution in [0.15, 0.2) is 0 Å². The number of carbonyl (C=O) groups is 2. The molecule has 0 saturated carbocycles. The standard InChI is InChI=1S/C16H34O5Si2.2CO2.3CH4/c1-13(2)7-9-22(3,4)21-23(5,6)10-8-14(11-15(17)18)12-16(19)20;2*2-1-3;;;/h13-14H,7-12H2,1-6H3,(H,17,18)(H,19,20);;;3*1H4. The van der Waals surface area contributed by atoms with Gasteiger partial charge in [0.2, 0.25) is 0 Å². The Kier molecular flexibility index (Phi) is 32.6. The molecule has 0 aliphatic heterocycles. The van der Waals surface area contributed by atoms with Crippen molar-refractivity contribution in [3.63, 3.8) is 0 Å². The van der Waals surface area contributed by atoms with Crippen molar-refractivity contribution in [2.24, 2.45) is 11.8 Å². The molecule has 0 aromatic carbocycles. The second-order valence-corrected chi connectivity index (χ2v) is 17.2. The predicted molar refractivity (Wildman–Crippen MR) is 128 cm³/mol. The SMILES string of the molecule is C.C.C.CC(C)CC[Si](C)(C)O[Si](C)(C)CCC(CC(=O)O)CC(=O)O.O=C=O.O=C=O. The molecule has 0 aromatic rings. The lowest BCUT2D eigenvalue weighted by Crippen LogP contribution is -2.44. The van der Waals surface area contributed by atoms with Gasteiger partial charge in [-0.1, -0.05) is 42.5 Å². The fraction of sp³-hybridized carbons (Fsp3) is 0.810. The number of hydrogen-bond donors (Lipinski definition) is 2. The van der Waals surface area contributed by atoms with E-state index in [9.17, 15) is 9.59 Å². The highest BCUT2D eigenvalue weighted by molar-refractivity contribution is 6.84. The van der Waals surface area contributed by atoms with Crippen LogP contribution >= 0.6 is 0 Å². The molecule has 11 heteroatoms. The first-order valence-corrected chi connectivity index (χ1v) is 15.5. The van der Waals surface area contributed by atoms with E-state index in [-0.39, 0.29) is 53.3 Å². The Balaban J connectivity index is -0.000000168. The zero-order valence-electron chi connectivity index (χ0n) is 18.1. The summed E-state index contributed by atoms with van der Waals surface area (Å²) in [4.78, 5) is 54.3. The maximum absolute atomic E-state index is 10.9. The monoisotopic (exact) mass is 498 g/mol. The zero-order valence-corrected chi connectivity index (χ0v) is 20.1. The van der Waals surface area contributed by atoms with Gasteiger partial charge in [-0.05, 0) is 56.5 Å². The second kappa shape index (κ2) is 23.8. The van der Waals surface area contributed by atoms with Crippen molar-refractivity contribution in [1.82, 2.24) is 0 Å². The van der Waals surface area contributed by atoms with Crippen LogP contribution in [0.4, 0.5) is 0 Å². The van der Waals surface area contributed by atoms with Crippen LogP contribution < -0.4 is 0 Å². The summed E-state index contributed by atoms with van der Waals surface area (Å²) in [5.41, 5.74) is 0. The molecule has 32 heavy (non-hydrogen) atoms. The number of carboxylic acid groups (broad SMARTS) is 2. The van der Waals surface area contributed by atoms with Crippen LogP contribution in [0, 0.1) is 11.8 Å². The molecule has 0 aliphatic rings. The highest BCUT2D eigenvalue weighted by Crippen LogP contribution is 2.28. The Hall–Kier alpha value is -1.91. The first-order valence-electron chi connectivity index (χ1n) is 9.28. The molecular weight excluding hydrogens is 452 g/mol. The van der Waals surface area contributed by atoms with Gasteiger partial charge in [-0.15, -0.1) is 0 Å². The van der Waals surface area contributed by atoms with E-state index in [4.69, 9.17) is 33.5 Å². The minimum atomic E-state index is -1.90. The first kappa shape index (κ1) is 43.9. The van der Waals surface area contributed by atoms with Gasteiger partial charge in [0.1, 0.15) is 0 Å². The van der Waals surface area contributed by atoms with Crippen LogP contribution in [-0.2, 0) is 32.9 Å². The van der Waals surface area contributed by atoms with Crippen molar-refractivity contribution in [2.75, 3.05) is 0 Å². The maximum Gasteiger partial charge on any atom is 0.373 e. The highest BCUT2D eigenvalue weighted by Gasteiger charge is 2.33. The van der Waals surface area contributed by atoms with E-state index in [0.717, 1.165) is 12.1 Å². The van der Waals surface area contributed by atoms with Crippen molar-refractivity contribution in [2.45, 2.75) is 100 Å². The van der Waals surface area contributed by atoms with Gasteiger partial charge in [0.05, 0.1) is 0 Å². The van der Waals surface area contributed by atoms with E-state index in [1.165, 1.54) is 6.42 Å². The molecule has 2 N–H and O–H groups in total. The van der Waals surface area contributed by atoms with Gasteiger partial charge in [-0.3, -0.25) is 9.59 Å². The average molecular weight is 499 g/mol.